The molecule has 0 radical (unpaired) electrons. The van der Waals surface area contributed by atoms with Gasteiger partial charge in [-0.25, -0.2) is 4.79 Å². The molecule has 4 aliphatic carbocycles. The average Bonchev–Trinajstić information content (AvgIpc) is 3.11. The Morgan fingerprint density at radius 2 is 1.61 bits per heavy atom. The minimum absolute atomic E-state index is 0.0490. The van der Waals surface area contributed by atoms with Gasteiger partial charge in [-0.2, -0.15) is 0 Å². The van der Waals surface area contributed by atoms with Gasteiger partial charge in [-0.1, -0.05) is 32.0 Å². The molecule has 0 saturated heterocycles. The first-order valence-corrected chi connectivity index (χ1v) is 12.7. The second-order valence-electron chi connectivity index (χ2n) is 11.5. The van der Waals surface area contributed by atoms with Gasteiger partial charge in [-0.15, -0.1) is 0 Å². The predicted octanol–water partition coefficient (Wildman–Crippen LogP) is 5.37. The van der Waals surface area contributed by atoms with Gasteiger partial charge in [0.1, 0.15) is 18.0 Å². The maximum atomic E-state index is 13.6. The van der Waals surface area contributed by atoms with Crippen LogP contribution in [0.1, 0.15) is 82.5 Å². The van der Waals surface area contributed by atoms with Gasteiger partial charge in [-0.05, 0) is 80.2 Å². The first-order chi connectivity index (χ1) is 15.7. The number of esters is 2. The van der Waals surface area contributed by atoms with Crippen LogP contribution < -0.4 is 0 Å². The van der Waals surface area contributed by atoms with Gasteiger partial charge in [0.2, 0.25) is 0 Å². The summed E-state index contributed by atoms with van der Waals surface area (Å²) in [6, 6.07) is 9.20. The molecule has 0 N–H and O–H groups in total. The summed E-state index contributed by atoms with van der Waals surface area (Å²) in [5.74, 6) is 0.925. The van der Waals surface area contributed by atoms with Crippen molar-refractivity contribution >= 4 is 17.7 Å². The molecule has 0 spiro atoms. The minimum atomic E-state index is -0.254. The van der Waals surface area contributed by atoms with Crippen LogP contribution in [0.2, 0.25) is 0 Å². The van der Waals surface area contributed by atoms with Crippen molar-refractivity contribution in [2.75, 3.05) is 0 Å². The summed E-state index contributed by atoms with van der Waals surface area (Å²) in [7, 11) is 0. The molecule has 0 amide bonds. The van der Waals surface area contributed by atoms with Gasteiger partial charge in [0.05, 0.1) is 5.56 Å². The Morgan fingerprint density at radius 1 is 0.909 bits per heavy atom. The van der Waals surface area contributed by atoms with Gasteiger partial charge in [0, 0.05) is 24.7 Å². The SMILES string of the molecule is CC(=O)O[C@H]1CC[C@@]2(C)[C@@H](CC(=O)[C@H]3[C@H]2CC[C@]2(C)[C@@H]3CC[C@H]2OC(=O)c2ccccc2)C1. The van der Waals surface area contributed by atoms with Crippen molar-refractivity contribution in [3.05, 3.63) is 35.9 Å². The van der Waals surface area contributed by atoms with E-state index in [4.69, 9.17) is 9.47 Å². The zero-order valence-electron chi connectivity index (χ0n) is 20.0. The molecule has 0 aromatic heterocycles. The van der Waals surface area contributed by atoms with Crippen LogP contribution in [-0.2, 0) is 19.1 Å². The molecule has 1 aromatic rings. The number of carbonyl (C=O) groups excluding carboxylic acids is 3. The maximum Gasteiger partial charge on any atom is 0.338 e. The van der Waals surface area contributed by atoms with Crippen LogP contribution >= 0.6 is 0 Å². The molecular formula is C28H36O5. The summed E-state index contributed by atoms with van der Waals surface area (Å²) in [5, 5.41) is 0. The number of benzene rings is 1. The Balaban J connectivity index is 1.34. The second kappa shape index (κ2) is 8.25. The summed E-state index contributed by atoms with van der Waals surface area (Å²) in [4.78, 5) is 37.8. The highest BCUT2D eigenvalue weighted by atomic mass is 16.5. The molecule has 5 rings (SSSR count). The highest BCUT2D eigenvalue weighted by molar-refractivity contribution is 5.89. The lowest BCUT2D eigenvalue weighted by molar-refractivity contribution is -0.168. The summed E-state index contributed by atoms with van der Waals surface area (Å²) >= 11 is 0. The van der Waals surface area contributed by atoms with Crippen molar-refractivity contribution in [2.45, 2.75) is 84.3 Å². The average molecular weight is 453 g/mol. The highest BCUT2D eigenvalue weighted by Crippen LogP contribution is 2.65. The van der Waals surface area contributed by atoms with E-state index in [1.165, 1.54) is 6.92 Å². The van der Waals surface area contributed by atoms with E-state index in [-0.39, 0.29) is 46.8 Å². The molecule has 4 aliphatic rings. The fourth-order valence-corrected chi connectivity index (χ4v) is 8.15. The molecule has 5 heteroatoms. The van der Waals surface area contributed by atoms with Crippen molar-refractivity contribution in [1.29, 1.82) is 0 Å². The molecule has 0 unspecified atom stereocenters. The third-order valence-corrected chi connectivity index (χ3v) is 9.93. The molecule has 5 nitrogen and oxygen atoms in total. The molecule has 0 heterocycles. The monoisotopic (exact) mass is 452 g/mol. The van der Waals surface area contributed by atoms with Crippen LogP contribution in [0.5, 0.6) is 0 Å². The topological polar surface area (TPSA) is 69.7 Å². The largest absolute Gasteiger partial charge is 0.463 e. The standard InChI is InChI=1S/C28H36O5/c1-17(29)32-20-11-13-27(2)19(15-20)16-23(30)25-21-9-10-24(28(21,3)14-12-22(25)27)33-26(31)18-7-5-4-6-8-18/h4-8,19-22,24-25H,9-16H2,1-3H3/t19-,20+,21-,22-,24-,25-,27+,28-/m1/s1. The van der Waals surface area contributed by atoms with E-state index in [2.05, 4.69) is 13.8 Å². The van der Waals surface area contributed by atoms with Gasteiger partial charge >= 0.3 is 11.9 Å². The number of ether oxygens (including phenoxy) is 2. The Labute approximate surface area is 196 Å². The van der Waals surface area contributed by atoms with E-state index in [0.29, 0.717) is 29.6 Å². The fraction of sp³-hybridized carbons (Fsp3) is 0.679. The lowest BCUT2D eigenvalue weighted by atomic mass is 9.45. The first-order valence-electron chi connectivity index (χ1n) is 12.7. The molecule has 0 aliphatic heterocycles. The van der Waals surface area contributed by atoms with Crippen molar-refractivity contribution in [3.63, 3.8) is 0 Å². The summed E-state index contributed by atoms with van der Waals surface area (Å²) in [5.41, 5.74) is 0.571. The Kier molecular flexibility index (Phi) is 5.65. The van der Waals surface area contributed by atoms with Crippen molar-refractivity contribution in [2.24, 2.45) is 34.5 Å². The van der Waals surface area contributed by atoms with Crippen LogP contribution in [-0.4, -0.2) is 29.9 Å². The lowest BCUT2D eigenvalue weighted by Crippen LogP contribution is -2.58. The van der Waals surface area contributed by atoms with E-state index in [1.54, 1.807) is 12.1 Å². The van der Waals surface area contributed by atoms with Gasteiger partial charge in [0.15, 0.2) is 0 Å². The third kappa shape index (κ3) is 3.72. The Bertz CT molecular complexity index is 941. The van der Waals surface area contributed by atoms with E-state index in [0.717, 1.165) is 44.9 Å². The molecule has 0 bridgehead atoms. The van der Waals surface area contributed by atoms with Gasteiger partial charge < -0.3 is 9.47 Å². The minimum Gasteiger partial charge on any atom is -0.463 e. The van der Waals surface area contributed by atoms with Crippen molar-refractivity contribution < 1.29 is 23.9 Å². The van der Waals surface area contributed by atoms with E-state index in [9.17, 15) is 14.4 Å². The van der Waals surface area contributed by atoms with E-state index >= 15 is 0 Å². The van der Waals surface area contributed by atoms with Gasteiger partial charge in [-0.3, -0.25) is 9.59 Å². The molecule has 33 heavy (non-hydrogen) atoms. The van der Waals surface area contributed by atoms with Crippen LogP contribution in [0.25, 0.3) is 0 Å². The number of fused-ring (bicyclic) bond motifs is 5. The number of rotatable bonds is 3. The molecular weight excluding hydrogens is 416 g/mol. The summed E-state index contributed by atoms with van der Waals surface area (Å²) in [6.45, 7) is 6.11. The Morgan fingerprint density at radius 3 is 2.33 bits per heavy atom. The van der Waals surface area contributed by atoms with Crippen LogP contribution in [0.4, 0.5) is 0 Å². The quantitative estimate of drug-likeness (QED) is 0.577. The molecule has 8 atom stereocenters. The summed E-state index contributed by atoms with van der Waals surface area (Å²) < 4.78 is 11.6. The first kappa shape index (κ1) is 22.6. The molecule has 178 valence electrons. The zero-order chi connectivity index (χ0) is 23.4. The van der Waals surface area contributed by atoms with Crippen LogP contribution in [0.15, 0.2) is 30.3 Å². The molecule has 4 saturated carbocycles. The predicted molar refractivity (Wildman–Crippen MR) is 123 cm³/mol. The molecule has 1 aromatic carbocycles. The smallest absolute Gasteiger partial charge is 0.338 e. The lowest BCUT2D eigenvalue weighted by Gasteiger charge is -2.59. The Hall–Kier alpha value is -2.17. The third-order valence-electron chi connectivity index (χ3n) is 9.93. The number of ketones is 1. The molecule has 4 fully saturated rings. The van der Waals surface area contributed by atoms with Crippen LogP contribution in [0.3, 0.4) is 0 Å². The van der Waals surface area contributed by atoms with E-state index < -0.39 is 0 Å². The van der Waals surface area contributed by atoms with Crippen molar-refractivity contribution in [3.8, 4) is 0 Å². The number of hydrogen-bond acceptors (Lipinski definition) is 5. The summed E-state index contributed by atoms with van der Waals surface area (Å²) in [6.07, 6.45) is 6.92. The second-order valence-corrected chi connectivity index (χ2v) is 11.5. The van der Waals surface area contributed by atoms with Gasteiger partial charge in [0.25, 0.3) is 0 Å². The van der Waals surface area contributed by atoms with Crippen LogP contribution in [0, 0.1) is 34.5 Å². The maximum absolute atomic E-state index is 13.6. The number of carbonyl (C=O) groups is 3. The van der Waals surface area contributed by atoms with E-state index in [1.807, 2.05) is 18.2 Å². The van der Waals surface area contributed by atoms with Crippen molar-refractivity contribution in [1.82, 2.24) is 0 Å². The highest BCUT2D eigenvalue weighted by Gasteiger charge is 2.63. The fourth-order valence-electron chi connectivity index (χ4n) is 8.15. The normalized spacial score (nSPS) is 42.0. The number of hydrogen-bond donors (Lipinski definition) is 0. The number of Topliss-reactive ketones (excluding diaryl/α,β-unsaturated/α-hetero) is 1. The zero-order valence-corrected chi connectivity index (χ0v) is 20.0.